The normalized spacial score (nSPS) is 13.2. The van der Waals surface area contributed by atoms with Gasteiger partial charge in [-0.05, 0) is 20.3 Å². The number of carbonyl (C=O) groups is 1. The molecule has 1 aromatic rings. The third-order valence-electron chi connectivity index (χ3n) is 3.23. The van der Waals surface area contributed by atoms with E-state index in [-0.39, 0.29) is 18.1 Å². The van der Waals surface area contributed by atoms with E-state index in [4.69, 9.17) is 5.73 Å². The van der Waals surface area contributed by atoms with Gasteiger partial charge < -0.3 is 11.1 Å². The molecular weight excluding hydrogens is 280 g/mol. The van der Waals surface area contributed by atoms with Crippen molar-refractivity contribution < 1.29 is 13.2 Å². The lowest BCUT2D eigenvalue weighted by Crippen LogP contribution is -2.41. The molecule has 0 saturated carbocycles. The number of hydrogen-bond acceptors (Lipinski definition) is 5. The molecule has 3 N–H and O–H groups in total. The van der Waals surface area contributed by atoms with Crippen molar-refractivity contribution in [3.05, 3.63) is 17.0 Å². The van der Waals surface area contributed by atoms with Gasteiger partial charge in [-0.1, -0.05) is 0 Å². The molecule has 1 amide bonds. The van der Waals surface area contributed by atoms with Crippen LogP contribution in [0.25, 0.3) is 0 Å². The number of rotatable bonds is 6. The van der Waals surface area contributed by atoms with Gasteiger partial charge >= 0.3 is 0 Å². The maximum atomic E-state index is 11.8. The molecule has 114 valence electrons. The van der Waals surface area contributed by atoms with Crippen molar-refractivity contribution in [1.29, 1.82) is 0 Å². The average molecular weight is 302 g/mol. The van der Waals surface area contributed by atoms with Gasteiger partial charge in [0.2, 0.25) is 5.91 Å². The molecule has 0 aliphatic rings. The van der Waals surface area contributed by atoms with Gasteiger partial charge in [-0.25, -0.2) is 8.42 Å². The summed E-state index contributed by atoms with van der Waals surface area (Å²) in [7, 11) is -1.26. The van der Waals surface area contributed by atoms with E-state index in [0.29, 0.717) is 6.54 Å². The van der Waals surface area contributed by atoms with Crippen LogP contribution >= 0.6 is 0 Å². The Morgan fingerprint density at radius 1 is 1.45 bits per heavy atom. The van der Waals surface area contributed by atoms with Gasteiger partial charge in [0, 0.05) is 31.1 Å². The second-order valence-corrected chi connectivity index (χ2v) is 7.28. The Kier molecular flexibility index (Phi) is 5.29. The molecule has 8 heteroatoms. The average Bonchev–Trinajstić information content (AvgIpc) is 2.57. The van der Waals surface area contributed by atoms with E-state index in [1.807, 2.05) is 20.9 Å². The van der Waals surface area contributed by atoms with Crippen LogP contribution in [-0.4, -0.2) is 42.2 Å². The second kappa shape index (κ2) is 6.36. The molecule has 0 aliphatic carbocycles. The summed E-state index contributed by atoms with van der Waals surface area (Å²) in [5, 5.41) is 6.97. The number of hydrogen-bond donors (Lipinski definition) is 2. The van der Waals surface area contributed by atoms with Crippen molar-refractivity contribution in [2.75, 3.05) is 12.0 Å². The van der Waals surface area contributed by atoms with Gasteiger partial charge in [-0.2, -0.15) is 5.10 Å². The summed E-state index contributed by atoms with van der Waals surface area (Å²) in [5.74, 6) is -0.441. The maximum absolute atomic E-state index is 11.8. The quantitative estimate of drug-likeness (QED) is 0.731. The molecule has 1 unspecified atom stereocenters. The zero-order valence-corrected chi connectivity index (χ0v) is 13.1. The first kappa shape index (κ1) is 16.6. The zero-order chi connectivity index (χ0) is 15.5. The molecule has 0 fully saturated rings. The van der Waals surface area contributed by atoms with E-state index in [9.17, 15) is 13.2 Å². The van der Waals surface area contributed by atoms with Gasteiger partial charge in [0.15, 0.2) is 0 Å². The summed E-state index contributed by atoms with van der Waals surface area (Å²) in [6.45, 7) is 4.14. The Labute approximate surface area is 119 Å². The van der Waals surface area contributed by atoms with Crippen LogP contribution in [-0.2, 0) is 28.2 Å². The number of amides is 1. The highest BCUT2D eigenvalue weighted by Crippen LogP contribution is 2.11. The highest BCUT2D eigenvalue weighted by atomic mass is 32.2. The maximum Gasteiger partial charge on any atom is 0.237 e. The first-order valence-electron chi connectivity index (χ1n) is 6.32. The zero-order valence-electron chi connectivity index (χ0n) is 12.3. The SMILES string of the molecule is Cc1nn(C)c(C)c1CNC(=O)C(N)CCS(C)(=O)=O. The third-order valence-corrected chi connectivity index (χ3v) is 4.21. The summed E-state index contributed by atoms with van der Waals surface area (Å²) in [6.07, 6.45) is 1.25. The van der Waals surface area contributed by atoms with Crippen LogP contribution in [0, 0.1) is 13.8 Å². The molecular formula is C12H22N4O3S. The largest absolute Gasteiger partial charge is 0.351 e. The molecule has 7 nitrogen and oxygen atoms in total. The van der Waals surface area contributed by atoms with Gasteiger partial charge in [0.25, 0.3) is 0 Å². The van der Waals surface area contributed by atoms with E-state index < -0.39 is 15.9 Å². The van der Waals surface area contributed by atoms with Crippen LogP contribution in [0.4, 0.5) is 0 Å². The summed E-state index contributed by atoms with van der Waals surface area (Å²) in [6, 6.07) is -0.818. The van der Waals surface area contributed by atoms with Crippen LogP contribution in [0.15, 0.2) is 0 Å². The van der Waals surface area contributed by atoms with Crippen LogP contribution < -0.4 is 11.1 Å². The van der Waals surface area contributed by atoms with Crippen molar-refractivity contribution in [1.82, 2.24) is 15.1 Å². The number of nitrogens with zero attached hydrogens (tertiary/aromatic N) is 2. The molecule has 0 aliphatic heterocycles. The summed E-state index contributed by atoms with van der Waals surface area (Å²) in [4.78, 5) is 11.8. The summed E-state index contributed by atoms with van der Waals surface area (Å²) < 4.78 is 23.8. The first-order valence-corrected chi connectivity index (χ1v) is 8.38. The van der Waals surface area contributed by atoms with E-state index in [1.54, 1.807) is 4.68 Å². The van der Waals surface area contributed by atoms with Gasteiger partial charge in [0.05, 0.1) is 17.5 Å². The van der Waals surface area contributed by atoms with Crippen molar-refractivity contribution >= 4 is 15.7 Å². The van der Waals surface area contributed by atoms with E-state index in [1.165, 1.54) is 0 Å². The fourth-order valence-electron chi connectivity index (χ4n) is 1.85. The highest BCUT2D eigenvalue weighted by Gasteiger charge is 2.17. The minimum absolute atomic E-state index is 0.0907. The molecule has 1 atom stereocenters. The van der Waals surface area contributed by atoms with Gasteiger partial charge in [-0.15, -0.1) is 0 Å². The van der Waals surface area contributed by atoms with Crippen molar-refractivity contribution in [2.24, 2.45) is 12.8 Å². The van der Waals surface area contributed by atoms with E-state index >= 15 is 0 Å². The van der Waals surface area contributed by atoms with Crippen molar-refractivity contribution in [3.63, 3.8) is 0 Å². The molecule has 0 spiro atoms. The van der Waals surface area contributed by atoms with Gasteiger partial charge in [-0.3, -0.25) is 9.48 Å². The molecule has 0 radical (unpaired) electrons. The summed E-state index contributed by atoms with van der Waals surface area (Å²) >= 11 is 0. The predicted octanol–water partition coefficient (Wildman–Crippen LogP) is -0.585. The molecule has 0 bridgehead atoms. The molecule has 1 aromatic heterocycles. The van der Waals surface area contributed by atoms with E-state index in [0.717, 1.165) is 23.2 Å². The Morgan fingerprint density at radius 2 is 2.05 bits per heavy atom. The Morgan fingerprint density at radius 3 is 2.50 bits per heavy atom. The third kappa shape index (κ3) is 4.61. The molecule has 20 heavy (non-hydrogen) atoms. The number of nitrogens with one attached hydrogen (secondary N) is 1. The number of sulfone groups is 1. The van der Waals surface area contributed by atoms with Crippen LogP contribution in [0.3, 0.4) is 0 Å². The molecule has 0 saturated heterocycles. The second-order valence-electron chi connectivity index (χ2n) is 5.02. The minimum Gasteiger partial charge on any atom is -0.351 e. The monoisotopic (exact) mass is 302 g/mol. The molecule has 1 heterocycles. The Hall–Kier alpha value is -1.41. The highest BCUT2D eigenvalue weighted by molar-refractivity contribution is 7.90. The van der Waals surface area contributed by atoms with Crippen LogP contribution in [0.1, 0.15) is 23.4 Å². The first-order chi connectivity index (χ1) is 9.11. The Balaban J connectivity index is 2.55. The fraction of sp³-hybridized carbons (Fsp3) is 0.667. The van der Waals surface area contributed by atoms with Crippen LogP contribution in [0.5, 0.6) is 0 Å². The fourth-order valence-corrected chi connectivity index (χ4v) is 2.53. The Bertz CT molecular complexity index is 592. The lowest BCUT2D eigenvalue weighted by Gasteiger charge is -2.12. The van der Waals surface area contributed by atoms with Crippen molar-refractivity contribution in [2.45, 2.75) is 32.9 Å². The number of aromatic nitrogens is 2. The predicted molar refractivity (Wildman–Crippen MR) is 76.8 cm³/mol. The lowest BCUT2D eigenvalue weighted by molar-refractivity contribution is -0.122. The summed E-state index contributed by atoms with van der Waals surface area (Å²) in [5.41, 5.74) is 8.46. The number of nitrogens with two attached hydrogens (primary N) is 1. The van der Waals surface area contributed by atoms with Crippen molar-refractivity contribution in [3.8, 4) is 0 Å². The van der Waals surface area contributed by atoms with E-state index in [2.05, 4.69) is 10.4 Å². The number of aryl methyl sites for hydroxylation is 2. The lowest BCUT2D eigenvalue weighted by atomic mass is 10.2. The molecule has 0 aromatic carbocycles. The van der Waals surface area contributed by atoms with Crippen LogP contribution in [0.2, 0.25) is 0 Å². The van der Waals surface area contributed by atoms with Gasteiger partial charge in [0.1, 0.15) is 9.84 Å². The standard InChI is InChI=1S/C12H22N4O3S/c1-8-10(9(2)16(3)15-8)7-14-12(17)11(13)5-6-20(4,18)19/h11H,5-7,13H2,1-4H3,(H,14,17). The molecule has 1 rings (SSSR count). The number of carbonyl (C=O) groups excluding carboxylic acids is 1. The smallest absolute Gasteiger partial charge is 0.237 e. The topological polar surface area (TPSA) is 107 Å². The minimum atomic E-state index is -3.10.